The highest BCUT2D eigenvalue weighted by Gasteiger charge is 2.36. The molecular formula is C11H22O2. The first-order chi connectivity index (χ1) is 5.81. The van der Waals surface area contributed by atoms with E-state index in [9.17, 15) is 10.2 Å². The van der Waals surface area contributed by atoms with Crippen molar-refractivity contribution in [2.75, 3.05) is 0 Å². The lowest BCUT2D eigenvalue weighted by Gasteiger charge is -2.34. The van der Waals surface area contributed by atoms with Gasteiger partial charge < -0.3 is 10.2 Å². The average Bonchev–Trinajstić information content (AvgIpc) is 1.96. The fourth-order valence-corrected chi connectivity index (χ4v) is 0.847. The Hall–Kier alpha value is -0.340. The molecule has 0 rings (SSSR count). The van der Waals surface area contributed by atoms with Crippen molar-refractivity contribution < 1.29 is 10.2 Å². The van der Waals surface area contributed by atoms with Crippen molar-refractivity contribution >= 4 is 0 Å². The van der Waals surface area contributed by atoms with Gasteiger partial charge in [0.2, 0.25) is 0 Å². The summed E-state index contributed by atoms with van der Waals surface area (Å²) in [4.78, 5) is 0. The van der Waals surface area contributed by atoms with Crippen molar-refractivity contribution in [1.29, 1.82) is 0 Å². The van der Waals surface area contributed by atoms with Gasteiger partial charge in [-0.25, -0.2) is 0 Å². The molecule has 2 nitrogen and oxygen atoms in total. The zero-order chi connectivity index (χ0) is 10.5. The van der Waals surface area contributed by atoms with Crippen molar-refractivity contribution in [3.05, 3.63) is 12.2 Å². The minimum Gasteiger partial charge on any atom is -0.387 e. The SMILES string of the molecule is CCC/C=C/CC(C)(O)C(C)(C)O. The molecule has 0 fully saturated rings. The molecule has 0 bridgehead atoms. The summed E-state index contributed by atoms with van der Waals surface area (Å²) in [6.07, 6.45) is 6.61. The van der Waals surface area contributed by atoms with Crippen LogP contribution in [0, 0.1) is 0 Å². The molecule has 0 saturated heterocycles. The predicted octanol–water partition coefficient (Wildman–Crippen LogP) is 2.25. The van der Waals surface area contributed by atoms with Crippen LogP contribution in [-0.2, 0) is 0 Å². The molecule has 1 unspecified atom stereocenters. The second-order valence-electron chi connectivity index (χ2n) is 4.30. The highest BCUT2D eigenvalue weighted by atomic mass is 16.3. The zero-order valence-electron chi connectivity index (χ0n) is 9.17. The second-order valence-corrected chi connectivity index (χ2v) is 4.30. The van der Waals surface area contributed by atoms with Crippen molar-refractivity contribution in [2.24, 2.45) is 0 Å². The molecule has 0 amide bonds. The third-order valence-corrected chi connectivity index (χ3v) is 2.46. The molecular weight excluding hydrogens is 164 g/mol. The lowest BCUT2D eigenvalue weighted by atomic mass is 9.85. The lowest BCUT2D eigenvalue weighted by Crippen LogP contribution is -2.47. The molecule has 2 heteroatoms. The molecule has 0 aromatic carbocycles. The van der Waals surface area contributed by atoms with E-state index in [2.05, 4.69) is 6.92 Å². The van der Waals surface area contributed by atoms with Gasteiger partial charge in [-0.05, 0) is 33.6 Å². The third-order valence-electron chi connectivity index (χ3n) is 2.46. The molecule has 2 N–H and O–H groups in total. The first-order valence-electron chi connectivity index (χ1n) is 4.91. The van der Waals surface area contributed by atoms with Crippen LogP contribution in [0.3, 0.4) is 0 Å². The highest BCUT2D eigenvalue weighted by Crippen LogP contribution is 2.25. The van der Waals surface area contributed by atoms with Crippen molar-refractivity contribution in [3.8, 4) is 0 Å². The maximum atomic E-state index is 9.85. The van der Waals surface area contributed by atoms with E-state index in [1.807, 2.05) is 12.2 Å². The van der Waals surface area contributed by atoms with Crippen LogP contribution in [0.15, 0.2) is 12.2 Å². The molecule has 13 heavy (non-hydrogen) atoms. The first kappa shape index (κ1) is 12.7. The molecule has 78 valence electrons. The minimum atomic E-state index is -1.05. The lowest BCUT2D eigenvalue weighted by molar-refractivity contribution is -0.117. The highest BCUT2D eigenvalue weighted by molar-refractivity contribution is 4.97. The van der Waals surface area contributed by atoms with Gasteiger partial charge in [0, 0.05) is 0 Å². The van der Waals surface area contributed by atoms with Crippen molar-refractivity contribution in [1.82, 2.24) is 0 Å². The molecule has 0 saturated carbocycles. The van der Waals surface area contributed by atoms with E-state index in [0.717, 1.165) is 12.8 Å². The molecule has 0 aliphatic carbocycles. The minimum absolute atomic E-state index is 0.497. The Labute approximate surface area is 81.3 Å². The summed E-state index contributed by atoms with van der Waals surface area (Å²) in [5.74, 6) is 0. The van der Waals surface area contributed by atoms with Crippen LogP contribution < -0.4 is 0 Å². The van der Waals surface area contributed by atoms with E-state index >= 15 is 0 Å². The first-order valence-corrected chi connectivity index (χ1v) is 4.91. The maximum absolute atomic E-state index is 9.85. The van der Waals surface area contributed by atoms with Crippen molar-refractivity contribution in [2.45, 2.75) is 58.2 Å². The number of unbranched alkanes of at least 4 members (excludes halogenated alkanes) is 1. The van der Waals surface area contributed by atoms with Crippen LogP contribution in [0.1, 0.15) is 47.0 Å². The maximum Gasteiger partial charge on any atom is 0.0934 e. The molecule has 0 aliphatic rings. The van der Waals surface area contributed by atoms with Gasteiger partial charge >= 0.3 is 0 Å². The number of rotatable bonds is 5. The van der Waals surface area contributed by atoms with Gasteiger partial charge in [-0.2, -0.15) is 0 Å². The largest absolute Gasteiger partial charge is 0.387 e. The smallest absolute Gasteiger partial charge is 0.0934 e. The molecule has 0 spiro atoms. The number of hydrogen-bond acceptors (Lipinski definition) is 2. The molecule has 1 atom stereocenters. The van der Waals surface area contributed by atoms with Gasteiger partial charge in [0.05, 0.1) is 11.2 Å². The van der Waals surface area contributed by atoms with Gasteiger partial charge in [0.15, 0.2) is 0 Å². The zero-order valence-corrected chi connectivity index (χ0v) is 9.17. The molecule has 0 aromatic heterocycles. The third kappa shape index (κ3) is 4.44. The van der Waals surface area contributed by atoms with Crippen LogP contribution in [0.5, 0.6) is 0 Å². The van der Waals surface area contributed by atoms with E-state index < -0.39 is 11.2 Å². The Morgan fingerprint density at radius 2 is 1.62 bits per heavy atom. The topological polar surface area (TPSA) is 40.5 Å². The Kier molecular flexibility index (Phi) is 4.65. The summed E-state index contributed by atoms with van der Waals surface area (Å²) in [6.45, 7) is 7.02. The van der Waals surface area contributed by atoms with E-state index in [-0.39, 0.29) is 0 Å². The molecule has 0 radical (unpaired) electrons. The van der Waals surface area contributed by atoms with Crippen molar-refractivity contribution in [3.63, 3.8) is 0 Å². The van der Waals surface area contributed by atoms with Crippen LogP contribution in [0.4, 0.5) is 0 Å². The standard InChI is InChI=1S/C11H22O2/c1-5-6-7-8-9-11(4,13)10(2,3)12/h7-8,12-13H,5-6,9H2,1-4H3/b8-7+. The number of hydrogen-bond donors (Lipinski definition) is 2. The Morgan fingerprint density at radius 3 is 2.00 bits per heavy atom. The normalized spacial score (nSPS) is 17.7. The molecule has 0 aromatic rings. The summed E-state index contributed by atoms with van der Waals surface area (Å²) in [5, 5.41) is 19.5. The second kappa shape index (κ2) is 4.77. The quantitative estimate of drug-likeness (QED) is 0.646. The summed E-state index contributed by atoms with van der Waals surface area (Å²) in [7, 11) is 0. The fourth-order valence-electron chi connectivity index (χ4n) is 0.847. The van der Waals surface area contributed by atoms with Gasteiger partial charge in [0.1, 0.15) is 0 Å². The molecule has 0 heterocycles. The summed E-state index contributed by atoms with van der Waals surface area (Å²) in [5.41, 5.74) is -2.10. The molecule has 0 aliphatic heterocycles. The van der Waals surface area contributed by atoms with Crippen LogP contribution in [-0.4, -0.2) is 21.4 Å². The van der Waals surface area contributed by atoms with E-state index in [1.165, 1.54) is 0 Å². The van der Waals surface area contributed by atoms with Gasteiger partial charge in [-0.3, -0.25) is 0 Å². The van der Waals surface area contributed by atoms with Gasteiger partial charge in [-0.15, -0.1) is 0 Å². The Balaban J connectivity index is 4.04. The average molecular weight is 186 g/mol. The van der Waals surface area contributed by atoms with Gasteiger partial charge in [0.25, 0.3) is 0 Å². The summed E-state index contributed by atoms with van der Waals surface area (Å²) in [6, 6.07) is 0. The Bertz CT molecular complexity index is 163. The fraction of sp³-hybridized carbons (Fsp3) is 0.818. The summed E-state index contributed by atoms with van der Waals surface area (Å²) >= 11 is 0. The van der Waals surface area contributed by atoms with E-state index in [0.29, 0.717) is 6.42 Å². The summed E-state index contributed by atoms with van der Waals surface area (Å²) < 4.78 is 0. The predicted molar refractivity (Wildman–Crippen MR) is 55.6 cm³/mol. The van der Waals surface area contributed by atoms with E-state index in [4.69, 9.17) is 0 Å². The van der Waals surface area contributed by atoms with E-state index in [1.54, 1.807) is 20.8 Å². The van der Waals surface area contributed by atoms with Crippen LogP contribution in [0.25, 0.3) is 0 Å². The Morgan fingerprint density at radius 1 is 1.08 bits per heavy atom. The monoisotopic (exact) mass is 186 g/mol. The van der Waals surface area contributed by atoms with Gasteiger partial charge in [-0.1, -0.05) is 25.5 Å². The number of allylic oxidation sites excluding steroid dienone is 1. The van der Waals surface area contributed by atoms with Crippen LogP contribution >= 0.6 is 0 Å². The van der Waals surface area contributed by atoms with Crippen LogP contribution in [0.2, 0.25) is 0 Å². The number of aliphatic hydroxyl groups is 2.